The van der Waals surface area contributed by atoms with Gasteiger partial charge in [-0.1, -0.05) is 13.0 Å². The van der Waals surface area contributed by atoms with Crippen molar-refractivity contribution < 1.29 is 19.4 Å². The number of aromatic nitrogens is 1. The van der Waals surface area contributed by atoms with E-state index in [0.29, 0.717) is 23.9 Å². The van der Waals surface area contributed by atoms with Crippen LogP contribution in [0.25, 0.3) is 5.57 Å². The van der Waals surface area contributed by atoms with Crippen molar-refractivity contribution in [1.29, 1.82) is 0 Å². The van der Waals surface area contributed by atoms with Gasteiger partial charge in [-0.15, -0.1) is 0 Å². The van der Waals surface area contributed by atoms with Crippen molar-refractivity contribution in [3.63, 3.8) is 0 Å². The Morgan fingerprint density at radius 2 is 2.06 bits per heavy atom. The molecular weight excluding hydrogens is 430 g/mol. The summed E-state index contributed by atoms with van der Waals surface area (Å²) in [5.41, 5.74) is 2.78. The molecular formula is C27H41N3O4. The van der Waals surface area contributed by atoms with Gasteiger partial charge in [0.1, 0.15) is 11.7 Å². The fourth-order valence-corrected chi connectivity index (χ4v) is 5.35. The van der Waals surface area contributed by atoms with Gasteiger partial charge >= 0.3 is 0 Å². The predicted molar refractivity (Wildman–Crippen MR) is 133 cm³/mol. The van der Waals surface area contributed by atoms with Crippen LogP contribution >= 0.6 is 0 Å². The summed E-state index contributed by atoms with van der Waals surface area (Å²) < 4.78 is 12.0. The molecule has 0 radical (unpaired) electrons. The van der Waals surface area contributed by atoms with Crippen LogP contribution in [-0.4, -0.2) is 84.4 Å². The molecule has 3 heterocycles. The van der Waals surface area contributed by atoms with Crippen LogP contribution in [0.1, 0.15) is 68.3 Å². The van der Waals surface area contributed by atoms with E-state index in [0.717, 1.165) is 57.6 Å². The van der Waals surface area contributed by atoms with Crippen LogP contribution in [0.2, 0.25) is 0 Å². The van der Waals surface area contributed by atoms with E-state index in [1.54, 1.807) is 4.90 Å². The van der Waals surface area contributed by atoms with Crippen molar-refractivity contribution in [1.82, 2.24) is 14.8 Å². The number of hydrogen-bond donors (Lipinski definition) is 1. The Labute approximate surface area is 204 Å². The summed E-state index contributed by atoms with van der Waals surface area (Å²) >= 11 is 0. The lowest BCUT2D eigenvalue weighted by Crippen LogP contribution is -2.50. The van der Waals surface area contributed by atoms with E-state index in [1.807, 2.05) is 19.2 Å². The molecule has 1 N–H and O–H groups in total. The van der Waals surface area contributed by atoms with Gasteiger partial charge in [-0.25, -0.2) is 4.98 Å². The summed E-state index contributed by atoms with van der Waals surface area (Å²) in [6.45, 7) is 7.98. The number of aliphatic hydroxyl groups excluding tert-OH is 1. The maximum absolute atomic E-state index is 13.6. The molecule has 2 aliphatic heterocycles. The SMILES string of the molecule is C[C@H]1CN([C@@H](C)CO)C(=O)c2cc(C3=CCCCC3)cnc2O[C@@H]1CN(C)CC1CCOCC1. The normalized spacial score (nSPS) is 25.3. The first-order chi connectivity index (χ1) is 16.5. The van der Waals surface area contributed by atoms with Gasteiger partial charge in [0.05, 0.1) is 12.6 Å². The Morgan fingerprint density at radius 3 is 2.76 bits per heavy atom. The fraction of sp³-hybridized carbons (Fsp3) is 0.704. The van der Waals surface area contributed by atoms with Gasteiger partial charge in [-0.3, -0.25) is 4.79 Å². The maximum atomic E-state index is 13.6. The van der Waals surface area contributed by atoms with Gasteiger partial charge in [0.15, 0.2) is 0 Å². The molecule has 1 saturated heterocycles. The Bertz CT molecular complexity index is 867. The quantitative estimate of drug-likeness (QED) is 0.655. The minimum Gasteiger partial charge on any atom is -0.472 e. The molecule has 1 aromatic heterocycles. The van der Waals surface area contributed by atoms with E-state index in [1.165, 1.54) is 18.4 Å². The number of carbonyl (C=O) groups is 1. The maximum Gasteiger partial charge on any atom is 0.259 e. The molecule has 1 amide bonds. The average Bonchev–Trinajstić information content (AvgIpc) is 2.86. The zero-order chi connectivity index (χ0) is 24.1. The first kappa shape index (κ1) is 25.1. The highest BCUT2D eigenvalue weighted by Gasteiger charge is 2.34. The third-order valence-corrected chi connectivity index (χ3v) is 7.59. The van der Waals surface area contributed by atoms with Crippen molar-refractivity contribution >= 4 is 11.5 Å². The molecule has 7 nitrogen and oxygen atoms in total. The largest absolute Gasteiger partial charge is 0.472 e. The van der Waals surface area contributed by atoms with Gasteiger partial charge in [0, 0.05) is 45.0 Å². The van der Waals surface area contributed by atoms with E-state index in [4.69, 9.17) is 9.47 Å². The number of amides is 1. The zero-order valence-corrected chi connectivity index (χ0v) is 21.0. The average molecular weight is 472 g/mol. The van der Waals surface area contributed by atoms with Gasteiger partial charge in [-0.2, -0.15) is 0 Å². The van der Waals surface area contributed by atoms with Crippen LogP contribution in [0.3, 0.4) is 0 Å². The van der Waals surface area contributed by atoms with Crippen molar-refractivity contribution in [3.8, 4) is 5.88 Å². The molecule has 0 aromatic carbocycles. The molecule has 4 rings (SSSR count). The summed E-state index contributed by atoms with van der Waals surface area (Å²) in [7, 11) is 2.15. The summed E-state index contributed by atoms with van der Waals surface area (Å²) in [5.74, 6) is 1.05. The van der Waals surface area contributed by atoms with Crippen LogP contribution in [-0.2, 0) is 4.74 Å². The smallest absolute Gasteiger partial charge is 0.259 e. The van der Waals surface area contributed by atoms with Crippen molar-refractivity contribution in [2.24, 2.45) is 11.8 Å². The minimum atomic E-state index is -0.265. The van der Waals surface area contributed by atoms with Crippen LogP contribution < -0.4 is 4.74 Å². The molecule has 1 aromatic rings. The van der Waals surface area contributed by atoms with E-state index < -0.39 is 0 Å². The molecule has 34 heavy (non-hydrogen) atoms. The van der Waals surface area contributed by atoms with Crippen LogP contribution in [0, 0.1) is 11.8 Å². The van der Waals surface area contributed by atoms with Gasteiger partial charge in [0.2, 0.25) is 5.88 Å². The van der Waals surface area contributed by atoms with Gasteiger partial charge < -0.3 is 24.4 Å². The van der Waals surface area contributed by atoms with Crippen molar-refractivity contribution in [3.05, 3.63) is 29.5 Å². The number of pyridine rings is 1. The van der Waals surface area contributed by atoms with E-state index in [-0.39, 0.29) is 30.6 Å². The van der Waals surface area contributed by atoms with E-state index in [9.17, 15) is 9.90 Å². The van der Waals surface area contributed by atoms with Crippen LogP contribution in [0.4, 0.5) is 0 Å². The number of carbonyl (C=O) groups excluding carboxylic acids is 1. The van der Waals surface area contributed by atoms with Crippen molar-refractivity contribution in [2.45, 2.75) is 64.5 Å². The molecule has 1 aliphatic carbocycles. The number of fused-ring (bicyclic) bond motifs is 1. The third-order valence-electron chi connectivity index (χ3n) is 7.59. The molecule has 1 fully saturated rings. The molecule has 188 valence electrons. The standard InChI is InChI=1S/C27H41N3O4/c1-19-15-30(20(2)18-31)27(32)24-13-23(22-7-5-4-6-8-22)14-28-26(24)34-25(19)17-29(3)16-21-9-11-33-12-10-21/h7,13-14,19-21,25,31H,4-6,8-12,15-18H2,1-3H3/t19-,20-,25+/m0/s1. The second kappa shape index (κ2) is 11.6. The first-order valence-corrected chi connectivity index (χ1v) is 13.0. The number of aliphatic hydroxyl groups is 1. The summed E-state index contributed by atoms with van der Waals surface area (Å²) in [5, 5.41) is 9.88. The predicted octanol–water partition coefficient (Wildman–Crippen LogP) is 3.62. The van der Waals surface area contributed by atoms with E-state index >= 15 is 0 Å². The lowest BCUT2D eigenvalue weighted by atomic mass is 9.93. The second-order valence-corrected chi connectivity index (χ2v) is 10.5. The monoisotopic (exact) mass is 471 g/mol. The van der Waals surface area contributed by atoms with Crippen LogP contribution in [0.5, 0.6) is 5.88 Å². The van der Waals surface area contributed by atoms with Crippen molar-refractivity contribution in [2.75, 3.05) is 46.5 Å². The molecule has 3 aliphatic rings. The summed E-state index contributed by atoms with van der Waals surface area (Å²) in [6.07, 6.45) is 10.7. The molecule has 0 saturated carbocycles. The third kappa shape index (κ3) is 5.99. The van der Waals surface area contributed by atoms with Gasteiger partial charge in [0.25, 0.3) is 5.91 Å². The van der Waals surface area contributed by atoms with E-state index in [2.05, 4.69) is 29.9 Å². The summed E-state index contributed by atoms with van der Waals surface area (Å²) in [6, 6.07) is 1.69. The highest BCUT2D eigenvalue weighted by molar-refractivity contribution is 5.97. The summed E-state index contributed by atoms with van der Waals surface area (Å²) in [4.78, 5) is 22.4. The number of likely N-dealkylation sites (N-methyl/N-ethyl adjacent to an activating group) is 1. The molecule has 7 heteroatoms. The fourth-order valence-electron chi connectivity index (χ4n) is 5.35. The number of rotatable bonds is 7. The zero-order valence-electron chi connectivity index (χ0n) is 21.0. The molecule has 0 bridgehead atoms. The second-order valence-electron chi connectivity index (χ2n) is 10.5. The Morgan fingerprint density at radius 1 is 1.26 bits per heavy atom. The van der Waals surface area contributed by atoms with Gasteiger partial charge in [-0.05, 0) is 75.6 Å². The molecule has 3 atom stereocenters. The lowest BCUT2D eigenvalue weighted by molar-refractivity contribution is 0.0254. The Kier molecular flexibility index (Phi) is 8.61. The highest BCUT2D eigenvalue weighted by Crippen LogP contribution is 2.32. The minimum absolute atomic E-state index is 0.0682. The highest BCUT2D eigenvalue weighted by atomic mass is 16.5. The topological polar surface area (TPSA) is 75.1 Å². The number of ether oxygens (including phenoxy) is 2. The first-order valence-electron chi connectivity index (χ1n) is 13.0. The Hall–Kier alpha value is -1.96. The van der Waals surface area contributed by atoms with Crippen LogP contribution in [0.15, 0.2) is 18.3 Å². The number of nitrogens with zero attached hydrogens (tertiary/aromatic N) is 3. The molecule has 0 spiro atoms. The number of hydrogen-bond acceptors (Lipinski definition) is 6. The molecule has 0 unspecified atom stereocenters. The number of allylic oxidation sites excluding steroid dienone is 2. The Balaban J connectivity index is 1.59. The lowest BCUT2D eigenvalue weighted by Gasteiger charge is -2.38.